The SMILES string of the molecule is O=C(CSc1ccc(NC(=O)/C(=C/c2cccc3ccccc23)NC(=O)c2ccccc2)cc1)Nc1ccc2ccccc2c1. The average Bonchev–Trinajstić information content (AvgIpc) is 3.08. The summed E-state index contributed by atoms with van der Waals surface area (Å²) in [6, 6.07) is 43.6. The molecule has 0 saturated carbocycles. The van der Waals surface area contributed by atoms with E-state index in [9.17, 15) is 14.4 Å². The molecule has 6 aromatic rings. The minimum Gasteiger partial charge on any atom is -0.325 e. The molecule has 7 heteroatoms. The molecule has 0 radical (unpaired) electrons. The van der Waals surface area contributed by atoms with Gasteiger partial charge in [0.1, 0.15) is 5.70 Å². The molecule has 0 aromatic heterocycles. The van der Waals surface area contributed by atoms with Crippen molar-refractivity contribution in [3.8, 4) is 0 Å². The van der Waals surface area contributed by atoms with Gasteiger partial charge in [0.05, 0.1) is 5.75 Å². The molecule has 0 aliphatic heterocycles. The Bertz CT molecular complexity index is 2030. The van der Waals surface area contributed by atoms with E-state index in [-0.39, 0.29) is 23.3 Å². The van der Waals surface area contributed by atoms with E-state index in [2.05, 4.69) is 16.0 Å². The fourth-order valence-electron chi connectivity index (χ4n) is 4.92. The summed E-state index contributed by atoms with van der Waals surface area (Å²) in [7, 11) is 0. The van der Waals surface area contributed by atoms with E-state index < -0.39 is 5.91 Å². The predicted octanol–water partition coefficient (Wildman–Crippen LogP) is 8.13. The Morgan fingerprint density at radius 3 is 2.07 bits per heavy atom. The monoisotopic (exact) mass is 607 g/mol. The summed E-state index contributed by atoms with van der Waals surface area (Å²) in [4.78, 5) is 40.0. The normalized spacial score (nSPS) is 11.2. The maximum Gasteiger partial charge on any atom is 0.272 e. The molecule has 0 saturated heterocycles. The second-order valence-electron chi connectivity index (χ2n) is 10.3. The second-order valence-corrected chi connectivity index (χ2v) is 11.4. The van der Waals surface area contributed by atoms with Gasteiger partial charge in [-0.1, -0.05) is 91.0 Å². The quantitative estimate of drug-likeness (QED) is 0.114. The maximum absolute atomic E-state index is 13.5. The van der Waals surface area contributed by atoms with Crippen molar-refractivity contribution < 1.29 is 14.4 Å². The molecule has 3 amide bonds. The number of hydrogen-bond donors (Lipinski definition) is 3. The zero-order chi connectivity index (χ0) is 31.0. The van der Waals surface area contributed by atoms with E-state index >= 15 is 0 Å². The molecule has 3 N–H and O–H groups in total. The van der Waals surface area contributed by atoms with E-state index in [1.165, 1.54) is 11.8 Å². The van der Waals surface area contributed by atoms with Crippen LogP contribution in [0.15, 0.2) is 150 Å². The van der Waals surface area contributed by atoms with Crippen molar-refractivity contribution in [1.82, 2.24) is 5.32 Å². The molecule has 220 valence electrons. The first-order valence-corrected chi connectivity index (χ1v) is 15.4. The number of amides is 3. The molecule has 0 bridgehead atoms. The Morgan fingerprint density at radius 1 is 0.600 bits per heavy atom. The van der Waals surface area contributed by atoms with Gasteiger partial charge in [0, 0.05) is 21.8 Å². The lowest BCUT2D eigenvalue weighted by Crippen LogP contribution is -2.30. The molecule has 0 spiro atoms. The van der Waals surface area contributed by atoms with E-state index in [4.69, 9.17) is 0 Å². The minimum atomic E-state index is -0.456. The van der Waals surface area contributed by atoms with Crippen LogP contribution in [0.1, 0.15) is 15.9 Å². The summed E-state index contributed by atoms with van der Waals surface area (Å²) < 4.78 is 0. The highest BCUT2D eigenvalue weighted by Crippen LogP contribution is 2.24. The highest BCUT2D eigenvalue weighted by Gasteiger charge is 2.16. The number of benzene rings is 6. The molecular weight excluding hydrogens is 579 g/mol. The number of carbonyl (C=O) groups is 3. The Morgan fingerprint density at radius 2 is 1.27 bits per heavy atom. The van der Waals surface area contributed by atoms with Gasteiger partial charge >= 0.3 is 0 Å². The van der Waals surface area contributed by atoms with Crippen LogP contribution in [-0.4, -0.2) is 23.5 Å². The van der Waals surface area contributed by atoms with Crippen LogP contribution < -0.4 is 16.0 Å². The third-order valence-corrected chi connectivity index (χ3v) is 8.18. The third kappa shape index (κ3) is 7.47. The Kier molecular flexibility index (Phi) is 8.99. The van der Waals surface area contributed by atoms with Gasteiger partial charge in [-0.2, -0.15) is 0 Å². The van der Waals surface area contributed by atoms with Crippen molar-refractivity contribution in [1.29, 1.82) is 0 Å². The first kappa shape index (κ1) is 29.4. The van der Waals surface area contributed by atoms with E-state index in [0.717, 1.165) is 37.7 Å². The summed E-state index contributed by atoms with van der Waals surface area (Å²) in [6.45, 7) is 0. The molecule has 45 heavy (non-hydrogen) atoms. The number of anilines is 2. The summed E-state index contributed by atoms with van der Waals surface area (Å²) in [5, 5.41) is 12.8. The van der Waals surface area contributed by atoms with Crippen LogP contribution in [-0.2, 0) is 9.59 Å². The molecule has 6 rings (SSSR count). The summed E-state index contributed by atoms with van der Waals surface area (Å²) >= 11 is 1.40. The number of carbonyl (C=O) groups excluding carboxylic acids is 3. The van der Waals surface area contributed by atoms with Gasteiger partial charge < -0.3 is 16.0 Å². The van der Waals surface area contributed by atoms with Crippen molar-refractivity contribution >= 4 is 68.5 Å². The predicted molar refractivity (Wildman–Crippen MR) is 184 cm³/mol. The van der Waals surface area contributed by atoms with Crippen molar-refractivity contribution in [3.63, 3.8) is 0 Å². The lowest BCUT2D eigenvalue weighted by molar-refractivity contribution is -0.114. The summed E-state index contributed by atoms with van der Waals surface area (Å²) in [6.07, 6.45) is 1.69. The average molecular weight is 608 g/mol. The Hall–Kier alpha value is -5.66. The summed E-state index contributed by atoms with van der Waals surface area (Å²) in [5.74, 6) is -0.708. The Balaban J connectivity index is 1.13. The largest absolute Gasteiger partial charge is 0.325 e. The van der Waals surface area contributed by atoms with Gasteiger partial charge in [0.25, 0.3) is 11.8 Å². The van der Waals surface area contributed by atoms with Crippen LogP contribution in [0.25, 0.3) is 27.6 Å². The number of thioether (sulfide) groups is 1. The van der Waals surface area contributed by atoms with Crippen LogP contribution in [0.5, 0.6) is 0 Å². The van der Waals surface area contributed by atoms with E-state index in [0.29, 0.717) is 11.3 Å². The number of hydrogen-bond acceptors (Lipinski definition) is 4. The maximum atomic E-state index is 13.5. The van der Waals surface area contributed by atoms with Crippen LogP contribution in [0.3, 0.4) is 0 Å². The van der Waals surface area contributed by atoms with E-state index in [1.807, 2.05) is 103 Å². The van der Waals surface area contributed by atoms with Crippen molar-refractivity contribution in [2.45, 2.75) is 4.90 Å². The van der Waals surface area contributed by atoms with Gasteiger partial charge in [-0.15, -0.1) is 11.8 Å². The van der Waals surface area contributed by atoms with Crippen LogP contribution >= 0.6 is 11.8 Å². The highest BCUT2D eigenvalue weighted by molar-refractivity contribution is 8.00. The topological polar surface area (TPSA) is 87.3 Å². The van der Waals surface area contributed by atoms with Crippen LogP contribution in [0.4, 0.5) is 11.4 Å². The minimum absolute atomic E-state index is 0.106. The third-order valence-electron chi connectivity index (χ3n) is 7.17. The number of rotatable bonds is 9. The highest BCUT2D eigenvalue weighted by atomic mass is 32.2. The first-order valence-electron chi connectivity index (χ1n) is 14.4. The molecule has 6 nitrogen and oxygen atoms in total. The van der Waals surface area contributed by atoms with Crippen molar-refractivity contribution in [2.24, 2.45) is 0 Å². The van der Waals surface area contributed by atoms with Crippen molar-refractivity contribution in [3.05, 3.63) is 156 Å². The second kappa shape index (κ2) is 13.8. The van der Waals surface area contributed by atoms with Gasteiger partial charge in [-0.25, -0.2) is 0 Å². The molecule has 0 fully saturated rings. The van der Waals surface area contributed by atoms with E-state index in [1.54, 1.807) is 42.5 Å². The van der Waals surface area contributed by atoms with Gasteiger partial charge in [0.15, 0.2) is 0 Å². The molecule has 0 aliphatic rings. The zero-order valence-corrected chi connectivity index (χ0v) is 25.0. The lowest BCUT2D eigenvalue weighted by atomic mass is 10.0. The number of nitrogens with one attached hydrogen (secondary N) is 3. The van der Waals surface area contributed by atoms with Crippen molar-refractivity contribution in [2.75, 3.05) is 16.4 Å². The van der Waals surface area contributed by atoms with Crippen LogP contribution in [0.2, 0.25) is 0 Å². The fraction of sp³-hybridized carbons (Fsp3) is 0.0263. The lowest BCUT2D eigenvalue weighted by Gasteiger charge is -2.13. The zero-order valence-electron chi connectivity index (χ0n) is 24.2. The van der Waals surface area contributed by atoms with Crippen LogP contribution in [0, 0.1) is 0 Å². The van der Waals surface area contributed by atoms with Gasteiger partial charge in [-0.05, 0) is 81.7 Å². The first-order chi connectivity index (χ1) is 22.0. The summed E-state index contributed by atoms with van der Waals surface area (Å²) in [5.41, 5.74) is 2.68. The molecule has 6 aromatic carbocycles. The number of fused-ring (bicyclic) bond motifs is 2. The standard InChI is InChI=1S/C38H29N3O3S/c42-36(39-32-18-17-26-9-4-5-13-29(26)23-32)25-45-33-21-19-31(20-22-33)40-38(44)35(41-37(43)28-11-2-1-3-12-28)24-30-15-8-14-27-10-6-7-16-34(27)30/h1-24H,25H2,(H,39,42)(H,40,44)(H,41,43)/b35-24-. The van der Waals surface area contributed by atoms with Gasteiger partial charge in [-0.3, -0.25) is 14.4 Å². The molecule has 0 aliphatic carbocycles. The molecular formula is C38H29N3O3S. The smallest absolute Gasteiger partial charge is 0.272 e. The Labute approximate surface area is 265 Å². The molecule has 0 heterocycles. The molecule has 0 unspecified atom stereocenters. The molecule has 0 atom stereocenters. The van der Waals surface area contributed by atoms with Gasteiger partial charge in [0.2, 0.25) is 5.91 Å². The fourth-order valence-corrected chi connectivity index (χ4v) is 5.62.